The summed E-state index contributed by atoms with van der Waals surface area (Å²) in [5, 5.41) is 16.1. The molecule has 0 rings (SSSR count). The van der Waals surface area contributed by atoms with Crippen LogP contribution in [0.1, 0.15) is 27.2 Å². The minimum absolute atomic E-state index is 0.0796. The van der Waals surface area contributed by atoms with Gasteiger partial charge in [-0.2, -0.15) is 12.6 Å². The predicted molar refractivity (Wildman–Crippen MR) is 91.5 cm³/mol. The van der Waals surface area contributed by atoms with Crippen molar-refractivity contribution in [2.24, 2.45) is 11.7 Å². The van der Waals surface area contributed by atoms with Crippen molar-refractivity contribution in [2.45, 2.75) is 45.3 Å². The summed E-state index contributed by atoms with van der Waals surface area (Å²) >= 11 is 3.85. The average molecular weight is 362 g/mol. The fourth-order valence-corrected chi connectivity index (χ4v) is 2.03. The Balaban J connectivity index is 4.86. The number of hydrogen-bond donors (Lipinski definition) is 6. The Kier molecular flexibility index (Phi) is 10.0. The first-order chi connectivity index (χ1) is 11.2. The number of rotatable bonds is 10. The monoisotopic (exact) mass is 362 g/mol. The Morgan fingerprint density at radius 1 is 1.08 bits per heavy atom. The molecule has 0 heterocycles. The molecular weight excluding hydrogens is 336 g/mol. The van der Waals surface area contributed by atoms with Crippen molar-refractivity contribution in [3.63, 3.8) is 0 Å². The van der Waals surface area contributed by atoms with Gasteiger partial charge >= 0.3 is 5.97 Å². The minimum atomic E-state index is -1.22. The number of aliphatic carboxylic acids is 1. The number of carboxylic acids is 1. The zero-order chi connectivity index (χ0) is 18.9. The molecule has 4 unspecified atom stereocenters. The van der Waals surface area contributed by atoms with E-state index < -0.39 is 41.8 Å². The third kappa shape index (κ3) is 7.18. The summed E-state index contributed by atoms with van der Waals surface area (Å²) in [4.78, 5) is 46.6. The first kappa shape index (κ1) is 22.2. The SMILES string of the molecule is CCC(C)C(NC(=O)CN)C(=O)NC(C)C(=O)NC(CS)C(=O)O. The van der Waals surface area contributed by atoms with Crippen LogP contribution in [0.25, 0.3) is 0 Å². The number of thiol groups is 1. The van der Waals surface area contributed by atoms with E-state index in [0.717, 1.165) is 0 Å². The Labute approximate surface area is 146 Å². The Hall–Kier alpha value is -1.81. The Morgan fingerprint density at radius 2 is 1.67 bits per heavy atom. The molecule has 0 aliphatic heterocycles. The van der Waals surface area contributed by atoms with Crippen LogP contribution in [0.5, 0.6) is 0 Å². The number of amides is 3. The van der Waals surface area contributed by atoms with Crippen LogP contribution in [0.15, 0.2) is 0 Å². The number of nitrogens with two attached hydrogens (primary N) is 1. The fourth-order valence-electron chi connectivity index (χ4n) is 1.79. The molecule has 0 saturated carbocycles. The first-order valence-electron chi connectivity index (χ1n) is 7.61. The van der Waals surface area contributed by atoms with Gasteiger partial charge in [0.05, 0.1) is 6.54 Å². The van der Waals surface area contributed by atoms with Crippen molar-refractivity contribution in [2.75, 3.05) is 12.3 Å². The zero-order valence-electron chi connectivity index (χ0n) is 14.0. The molecular formula is C14H26N4O5S. The lowest BCUT2D eigenvalue weighted by Gasteiger charge is -2.25. The summed E-state index contributed by atoms with van der Waals surface area (Å²) in [5.74, 6) is -3.13. The van der Waals surface area contributed by atoms with E-state index in [-0.39, 0.29) is 18.2 Å². The second-order valence-electron chi connectivity index (χ2n) is 5.45. The van der Waals surface area contributed by atoms with Crippen molar-refractivity contribution < 1.29 is 24.3 Å². The van der Waals surface area contributed by atoms with E-state index in [1.54, 1.807) is 6.92 Å². The second-order valence-corrected chi connectivity index (χ2v) is 5.81. The highest BCUT2D eigenvalue weighted by Crippen LogP contribution is 2.08. The van der Waals surface area contributed by atoms with Gasteiger partial charge in [0.15, 0.2) is 0 Å². The van der Waals surface area contributed by atoms with Crippen LogP contribution in [0.2, 0.25) is 0 Å². The highest BCUT2D eigenvalue weighted by Gasteiger charge is 2.29. The van der Waals surface area contributed by atoms with Crippen LogP contribution in [0.3, 0.4) is 0 Å². The fraction of sp³-hybridized carbons (Fsp3) is 0.714. The average Bonchev–Trinajstić information content (AvgIpc) is 2.55. The summed E-state index contributed by atoms with van der Waals surface area (Å²) in [6, 6.07) is -2.95. The van der Waals surface area contributed by atoms with Gasteiger partial charge in [0, 0.05) is 5.75 Å². The van der Waals surface area contributed by atoms with E-state index in [0.29, 0.717) is 6.42 Å². The third-order valence-corrected chi connectivity index (χ3v) is 3.91. The molecule has 24 heavy (non-hydrogen) atoms. The van der Waals surface area contributed by atoms with Gasteiger partial charge in [-0.3, -0.25) is 14.4 Å². The topological polar surface area (TPSA) is 151 Å². The molecule has 0 fully saturated rings. The molecule has 0 bridgehead atoms. The maximum Gasteiger partial charge on any atom is 0.327 e. The maximum atomic E-state index is 12.3. The quantitative estimate of drug-likeness (QED) is 0.260. The zero-order valence-corrected chi connectivity index (χ0v) is 14.9. The molecule has 4 atom stereocenters. The van der Waals surface area contributed by atoms with Gasteiger partial charge in [0.25, 0.3) is 0 Å². The lowest BCUT2D eigenvalue weighted by Crippen LogP contribution is -2.57. The number of hydrogen-bond acceptors (Lipinski definition) is 6. The largest absolute Gasteiger partial charge is 0.480 e. The molecule has 0 radical (unpaired) electrons. The first-order valence-corrected chi connectivity index (χ1v) is 8.24. The molecule has 0 aromatic rings. The summed E-state index contributed by atoms with van der Waals surface area (Å²) in [5.41, 5.74) is 5.24. The van der Waals surface area contributed by atoms with E-state index >= 15 is 0 Å². The molecule has 0 aromatic carbocycles. The summed E-state index contributed by atoms with van der Waals surface area (Å²) in [6.45, 7) is 4.81. The molecule has 6 N–H and O–H groups in total. The Morgan fingerprint density at radius 3 is 2.08 bits per heavy atom. The lowest BCUT2D eigenvalue weighted by atomic mass is 9.98. The number of carbonyl (C=O) groups is 4. The van der Waals surface area contributed by atoms with Crippen molar-refractivity contribution in [3.8, 4) is 0 Å². The van der Waals surface area contributed by atoms with Crippen LogP contribution in [0, 0.1) is 5.92 Å². The lowest BCUT2D eigenvalue weighted by molar-refractivity contribution is -0.141. The molecule has 0 aliphatic rings. The summed E-state index contributed by atoms with van der Waals surface area (Å²) in [7, 11) is 0. The van der Waals surface area contributed by atoms with Crippen LogP contribution in [-0.4, -0.2) is 59.2 Å². The molecule has 10 heteroatoms. The van der Waals surface area contributed by atoms with E-state index in [4.69, 9.17) is 10.8 Å². The number of nitrogens with one attached hydrogen (secondary N) is 3. The molecule has 0 aliphatic carbocycles. The van der Waals surface area contributed by atoms with Crippen LogP contribution < -0.4 is 21.7 Å². The molecule has 3 amide bonds. The molecule has 0 spiro atoms. The van der Waals surface area contributed by atoms with Crippen LogP contribution in [-0.2, 0) is 19.2 Å². The molecule has 0 aromatic heterocycles. The Bertz CT molecular complexity index is 474. The summed E-state index contributed by atoms with van der Waals surface area (Å²) in [6.07, 6.45) is 0.629. The van der Waals surface area contributed by atoms with Crippen LogP contribution in [0.4, 0.5) is 0 Å². The number of carboxylic acid groups (broad SMARTS) is 1. The molecule has 138 valence electrons. The molecule has 9 nitrogen and oxygen atoms in total. The molecule has 0 saturated heterocycles. The summed E-state index contributed by atoms with van der Waals surface area (Å²) < 4.78 is 0. The van der Waals surface area contributed by atoms with Crippen LogP contribution >= 0.6 is 12.6 Å². The number of carbonyl (C=O) groups excluding carboxylic acids is 3. The van der Waals surface area contributed by atoms with Crippen molar-refractivity contribution in [3.05, 3.63) is 0 Å². The van der Waals surface area contributed by atoms with E-state index in [9.17, 15) is 19.2 Å². The highest BCUT2D eigenvalue weighted by atomic mass is 32.1. The van der Waals surface area contributed by atoms with Gasteiger partial charge in [-0.25, -0.2) is 4.79 Å². The third-order valence-electron chi connectivity index (χ3n) is 3.55. The van der Waals surface area contributed by atoms with Gasteiger partial charge in [0.1, 0.15) is 18.1 Å². The predicted octanol–water partition coefficient (Wildman–Crippen LogP) is -1.52. The van der Waals surface area contributed by atoms with Crippen molar-refractivity contribution in [1.29, 1.82) is 0 Å². The van der Waals surface area contributed by atoms with E-state index in [1.165, 1.54) is 6.92 Å². The van der Waals surface area contributed by atoms with Gasteiger partial charge in [-0.1, -0.05) is 20.3 Å². The van der Waals surface area contributed by atoms with Gasteiger partial charge in [0.2, 0.25) is 17.7 Å². The van der Waals surface area contributed by atoms with E-state index in [2.05, 4.69) is 28.6 Å². The smallest absolute Gasteiger partial charge is 0.327 e. The van der Waals surface area contributed by atoms with Crippen molar-refractivity contribution in [1.82, 2.24) is 16.0 Å². The van der Waals surface area contributed by atoms with Gasteiger partial charge < -0.3 is 26.8 Å². The normalized spacial score (nSPS) is 15.5. The van der Waals surface area contributed by atoms with Crippen molar-refractivity contribution >= 4 is 36.3 Å². The van der Waals surface area contributed by atoms with E-state index in [1.807, 2.05) is 6.92 Å². The minimum Gasteiger partial charge on any atom is -0.480 e. The van der Waals surface area contributed by atoms with Gasteiger partial charge in [-0.15, -0.1) is 0 Å². The maximum absolute atomic E-state index is 12.3. The standard InChI is InChI=1S/C14H26N4O5S/c1-4-7(2)11(18-10(19)5-15)13(21)16-8(3)12(20)17-9(6-24)14(22)23/h7-9,11,24H,4-6,15H2,1-3H3,(H,16,21)(H,17,20)(H,18,19)(H,22,23). The highest BCUT2D eigenvalue weighted by molar-refractivity contribution is 7.80. The van der Waals surface area contributed by atoms with Gasteiger partial charge in [-0.05, 0) is 12.8 Å². The second kappa shape index (κ2) is 10.9.